The summed E-state index contributed by atoms with van der Waals surface area (Å²) in [5.74, 6) is 1.39. The molecule has 0 bridgehead atoms. The Morgan fingerprint density at radius 1 is 1.09 bits per heavy atom. The number of benzene rings is 1. The number of hydrogen-bond donors (Lipinski definition) is 0. The van der Waals surface area contributed by atoms with E-state index in [-0.39, 0.29) is 0 Å². The summed E-state index contributed by atoms with van der Waals surface area (Å²) >= 11 is 0. The van der Waals surface area contributed by atoms with Crippen LogP contribution in [-0.2, 0) is 4.74 Å². The highest BCUT2D eigenvalue weighted by Crippen LogP contribution is 2.29. The van der Waals surface area contributed by atoms with Gasteiger partial charge in [-0.15, -0.1) is 0 Å². The molecule has 3 heteroatoms. The van der Waals surface area contributed by atoms with Gasteiger partial charge in [0, 0.05) is 25.2 Å². The van der Waals surface area contributed by atoms with E-state index in [1.54, 1.807) is 6.26 Å². The smallest absolute Gasteiger partial charge is 0.111 e. The van der Waals surface area contributed by atoms with Crippen LogP contribution >= 0.6 is 0 Å². The van der Waals surface area contributed by atoms with Crippen molar-refractivity contribution >= 4 is 0 Å². The van der Waals surface area contributed by atoms with Gasteiger partial charge in [-0.2, -0.15) is 0 Å². The van der Waals surface area contributed by atoms with Crippen LogP contribution in [0.25, 0.3) is 0 Å². The van der Waals surface area contributed by atoms with Crippen molar-refractivity contribution in [1.82, 2.24) is 4.90 Å². The zero-order valence-corrected chi connectivity index (χ0v) is 13.3. The van der Waals surface area contributed by atoms with Crippen LogP contribution in [0.3, 0.4) is 0 Å². The molecular formula is C19H25NO2. The summed E-state index contributed by atoms with van der Waals surface area (Å²) in [7, 11) is 2.24. The Kier molecular flexibility index (Phi) is 5.30. The van der Waals surface area contributed by atoms with Crippen molar-refractivity contribution in [1.29, 1.82) is 0 Å². The van der Waals surface area contributed by atoms with Gasteiger partial charge in [-0.25, -0.2) is 0 Å². The van der Waals surface area contributed by atoms with E-state index >= 15 is 0 Å². The highest BCUT2D eigenvalue weighted by Gasteiger charge is 2.21. The number of rotatable bonds is 6. The number of furan rings is 1. The van der Waals surface area contributed by atoms with E-state index < -0.39 is 0 Å². The lowest BCUT2D eigenvalue weighted by molar-refractivity contribution is 0.0423. The molecule has 3 rings (SSSR count). The maximum absolute atomic E-state index is 5.69. The molecule has 1 fully saturated rings. The Bertz CT molecular complexity index is 532. The second-order valence-electron chi connectivity index (χ2n) is 6.09. The van der Waals surface area contributed by atoms with Gasteiger partial charge in [0.25, 0.3) is 0 Å². The molecular weight excluding hydrogens is 274 g/mol. The lowest BCUT2D eigenvalue weighted by Crippen LogP contribution is -2.37. The predicted octanol–water partition coefficient (Wildman–Crippen LogP) is 3.91. The van der Waals surface area contributed by atoms with Crippen LogP contribution in [0.1, 0.15) is 36.5 Å². The highest BCUT2D eigenvalue weighted by atomic mass is 16.5. The highest BCUT2D eigenvalue weighted by molar-refractivity contribution is 5.27. The average Bonchev–Trinajstić information content (AvgIpc) is 3.11. The molecule has 22 heavy (non-hydrogen) atoms. The number of nitrogens with zero attached hydrogens (tertiary/aromatic N) is 1. The van der Waals surface area contributed by atoms with Crippen LogP contribution in [0.2, 0.25) is 0 Å². The van der Waals surface area contributed by atoms with E-state index in [0.29, 0.717) is 12.0 Å². The van der Waals surface area contributed by atoms with Crippen molar-refractivity contribution in [3.63, 3.8) is 0 Å². The van der Waals surface area contributed by atoms with Gasteiger partial charge < -0.3 is 14.1 Å². The van der Waals surface area contributed by atoms with Crippen LogP contribution in [0.15, 0.2) is 53.1 Å². The fourth-order valence-corrected chi connectivity index (χ4v) is 3.29. The molecule has 1 atom stereocenters. The number of ether oxygens (including phenoxy) is 1. The van der Waals surface area contributed by atoms with E-state index in [9.17, 15) is 0 Å². The Balaban J connectivity index is 1.66. The van der Waals surface area contributed by atoms with Crippen LogP contribution in [0.4, 0.5) is 0 Å². The molecule has 2 aromatic rings. The third-order valence-corrected chi connectivity index (χ3v) is 4.67. The van der Waals surface area contributed by atoms with Crippen molar-refractivity contribution in [3.05, 3.63) is 60.1 Å². The average molecular weight is 299 g/mol. The van der Waals surface area contributed by atoms with Crippen molar-refractivity contribution in [3.8, 4) is 0 Å². The van der Waals surface area contributed by atoms with E-state index in [0.717, 1.165) is 44.8 Å². The summed E-state index contributed by atoms with van der Waals surface area (Å²) in [4.78, 5) is 2.49. The first-order valence-corrected chi connectivity index (χ1v) is 8.21. The van der Waals surface area contributed by atoms with Gasteiger partial charge in [-0.3, -0.25) is 0 Å². The standard InChI is InChI=1S/C19H25NO2/c1-20(17-10-14-21-15-11-17)12-9-18(19-8-5-13-22-19)16-6-3-2-4-7-16/h2-8,13,17-18H,9-12,14-15H2,1H3. The van der Waals surface area contributed by atoms with Crippen LogP contribution in [-0.4, -0.2) is 37.7 Å². The maximum Gasteiger partial charge on any atom is 0.111 e. The Morgan fingerprint density at radius 2 is 1.86 bits per heavy atom. The Morgan fingerprint density at radius 3 is 2.55 bits per heavy atom. The first-order valence-electron chi connectivity index (χ1n) is 8.21. The molecule has 0 saturated carbocycles. The molecule has 1 saturated heterocycles. The molecule has 3 nitrogen and oxygen atoms in total. The van der Waals surface area contributed by atoms with Gasteiger partial charge in [-0.1, -0.05) is 30.3 Å². The van der Waals surface area contributed by atoms with Gasteiger partial charge in [0.1, 0.15) is 5.76 Å². The first-order chi connectivity index (χ1) is 10.8. The normalized spacial score (nSPS) is 17.7. The second-order valence-corrected chi connectivity index (χ2v) is 6.09. The minimum atomic E-state index is 0.332. The topological polar surface area (TPSA) is 25.6 Å². The third kappa shape index (κ3) is 3.79. The monoisotopic (exact) mass is 299 g/mol. The summed E-state index contributed by atoms with van der Waals surface area (Å²) in [6, 6.07) is 15.4. The lowest BCUT2D eigenvalue weighted by Gasteiger charge is -2.32. The molecule has 1 unspecified atom stereocenters. The molecule has 1 aliphatic heterocycles. The molecule has 1 aromatic carbocycles. The minimum absolute atomic E-state index is 0.332. The zero-order chi connectivity index (χ0) is 15.2. The molecule has 0 amide bonds. The van der Waals surface area contributed by atoms with Crippen molar-refractivity contribution in [2.45, 2.75) is 31.2 Å². The minimum Gasteiger partial charge on any atom is -0.469 e. The van der Waals surface area contributed by atoms with Crippen LogP contribution in [0.5, 0.6) is 0 Å². The SMILES string of the molecule is CN(CCC(c1ccccc1)c1ccco1)C1CCOCC1. The van der Waals surface area contributed by atoms with E-state index in [4.69, 9.17) is 9.15 Å². The zero-order valence-electron chi connectivity index (χ0n) is 13.3. The van der Waals surface area contributed by atoms with Gasteiger partial charge in [0.15, 0.2) is 0 Å². The van der Waals surface area contributed by atoms with Crippen molar-refractivity contribution < 1.29 is 9.15 Å². The summed E-state index contributed by atoms with van der Waals surface area (Å²) in [6.45, 7) is 2.87. The Labute approximate surface area is 132 Å². The largest absolute Gasteiger partial charge is 0.469 e. The first kappa shape index (κ1) is 15.3. The predicted molar refractivity (Wildman–Crippen MR) is 88.1 cm³/mol. The molecule has 1 aliphatic rings. The fourth-order valence-electron chi connectivity index (χ4n) is 3.29. The van der Waals surface area contributed by atoms with E-state index in [1.807, 2.05) is 6.07 Å². The second kappa shape index (κ2) is 7.61. The van der Waals surface area contributed by atoms with Crippen LogP contribution in [0, 0.1) is 0 Å². The fraction of sp³-hybridized carbons (Fsp3) is 0.474. The molecule has 0 N–H and O–H groups in total. The quantitative estimate of drug-likeness (QED) is 0.808. The van der Waals surface area contributed by atoms with Gasteiger partial charge in [-0.05, 0) is 50.6 Å². The molecule has 118 valence electrons. The van der Waals surface area contributed by atoms with E-state index in [2.05, 4.69) is 48.3 Å². The molecule has 0 spiro atoms. The number of hydrogen-bond acceptors (Lipinski definition) is 3. The summed E-state index contributed by atoms with van der Waals surface area (Å²) in [5.41, 5.74) is 1.33. The van der Waals surface area contributed by atoms with Gasteiger partial charge in [0.05, 0.1) is 6.26 Å². The molecule has 2 heterocycles. The van der Waals surface area contributed by atoms with Gasteiger partial charge >= 0.3 is 0 Å². The van der Waals surface area contributed by atoms with Gasteiger partial charge in [0.2, 0.25) is 0 Å². The lowest BCUT2D eigenvalue weighted by atomic mass is 9.92. The maximum atomic E-state index is 5.69. The molecule has 1 aromatic heterocycles. The van der Waals surface area contributed by atoms with E-state index in [1.165, 1.54) is 5.56 Å². The Hall–Kier alpha value is -1.58. The van der Waals surface area contributed by atoms with Crippen LogP contribution < -0.4 is 0 Å². The molecule has 0 radical (unpaired) electrons. The summed E-state index contributed by atoms with van der Waals surface area (Å²) in [5, 5.41) is 0. The summed E-state index contributed by atoms with van der Waals surface area (Å²) < 4.78 is 11.2. The molecule has 0 aliphatic carbocycles. The third-order valence-electron chi connectivity index (χ3n) is 4.67. The van der Waals surface area contributed by atoms with Crippen molar-refractivity contribution in [2.75, 3.05) is 26.8 Å². The van der Waals surface area contributed by atoms with Crippen molar-refractivity contribution in [2.24, 2.45) is 0 Å². The summed E-state index contributed by atoms with van der Waals surface area (Å²) in [6.07, 6.45) is 5.14.